The van der Waals surface area contributed by atoms with E-state index in [1.54, 1.807) is 35.1 Å². The zero-order valence-electron chi connectivity index (χ0n) is 13.6. The van der Waals surface area contributed by atoms with E-state index in [4.69, 9.17) is 11.6 Å². The first-order valence-electron chi connectivity index (χ1n) is 8.11. The lowest BCUT2D eigenvalue weighted by Crippen LogP contribution is -2.23. The number of nitrogens with one attached hydrogen (secondary N) is 2. The standard InChI is InChI=1S/C19H15ClN4O2/c20-13-7-4-8-14(9-13)22-17(25)10-16-19(26)23-18-15(11-21-24(16)18)12-5-2-1-3-6-12/h1-9,11,16H,10H2,(H,22,25)(H,23,26). The van der Waals surface area contributed by atoms with Crippen molar-refractivity contribution in [3.05, 3.63) is 65.8 Å². The van der Waals surface area contributed by atoms with E-state index in [1.165, 1.54) is 0 Å². The second-order valence-electron chi connectivity index (χ2n) is 5.99. The Morgan fingerprint density at radius 2 is 2.00 bits per heavy atom. The first-order valence-corrected chi connectivity index (χ1v) is 8.49. The molecule has 3 aromatic rings. The van der Waals surface area contributed by atoms with Crippen LogP contribution >= 0.6 is 11.6 Å². The highest BCUT2D eigenvalue weighted by Gasteiger charge is 2.35. The molecular weight excluding hydrogens is 352 g/mol. The number of fused-ring (bicyclic) bond motifs is 1. The Morgan fingerprint density at radius 1 is 1.19 bits per heavy atom. The summed E-state index contributed by atoms with van der Waals surface area (Å²) in [7, 11) is 0. The summed E-state index contributed by atoms with van der Waals surface area (Å²) in [6.45, 7) is 0. The molecule has 0 fully saturated rings. The van der Waals surface area contributed by atoms with Gasteiger partial charge in [0, 0.05) is 16.3 Å². The maximum atomic E-state index is 12.3. The number of aromatic nitrogens is 2. The maximum Gasteiger partial charge on any atom is 0.251 e. The highest BCUT2D eigenvalue weighted by atomic mass is 35.5. The van der Waals surface area contributed by atoms with Gasteiger partial charge in [0.15, 0.2) is 0 Å². The molecule has 2 aromatic carbocycles. The van der Waals surface area contributed by atoms with Crippen molar-refractivity contribution in [2.24, 2.45) is 0 Å². The summed E-state index contributed by atoms with van der Waals surface area (Å²) in [5.41, 5.74) is 2.38. The summed E-state index contributed by atoms with van der Waals surface area (Å²) in [5.74, 6) is 0.0882. The number of rotatable bonds is 4. The van der Waals surface area contributed by atoms with Crippen LogP contribution in [-0.2, 0) is 9.59 Å². The molecule has 0 aliphatic carbocycles. The van der Waals surface area contributed by atoms with Crippen LogP contribution < -0.4 is 10.6 Å². The van der Waals surface area contributed by atoms with Crippen LogP contribution in [0.5, 0.6) is 0 Å². The molecule has 7 heteroatoms. The molecule has 130 valence electrons. The molecule has 0 saturated heterocycles. The second-order valence-corrected chi connectivity index (χ2v) is 6.42. The normalized spacial score (nSPS) is 15.4. The van der Waals surface area contributed by atoms with Gasteiger partial charge in [-0.15, -0.1) is 0 Å². The van der Waals surface area contributed by atoms with Crippen LogP contribution in [0.25, 0.3) is 11.1 Å². The van der Waals surface area contributed by atoms with E-state index < -0.39 is 6.04 Å². The summed E-state index contributed by atoms with van der Waals surface area (Å²) >= 11 is 5.92. The van der Waals surface area contributed by atoms with Crippen LogP contribution in [0.15, 0.2) is 60.8 Å². The first-order chi connectivity index (χ1) is 12.6. The van der Waals surface area contributed by atoms with E-state index in [0.717, 1.165) is 11.1 Å². The van der Waals surface area contributed by atoms with Gasteiger partial charge in [0.05, 0.1) is 12.6 Å². The average Bonchev–Trinajstić information content (AvgIpc) is 3.16. The summed E-state index contributed by atoms with van der Waals surface area (Å²) in [5, 5.41) is 10.4. The highest BCUT2D eigenvalue weighted by Crippen LogP contribution is 2.35. The molecule has 1 unspecified atom stereocenters. The Morgan fingerprint density at radius 3 is 2.77 bits per heavy atom. The van der Waals surface area contributed by atoms with Crippen molar-refractivity contribution >= 4 is 34.9 Å². The van der Waals surface area contributed by atoms with E-state index in [1.807, 2.05) is 30.3 Å². The quantitative estimate of drug-likeness (QED) is 0.738. The third kappa shape index (κ3) is 3.07. The third-order valence-electron chi connectivity index (χ3n) is 4.21. The van der Waals surface area contributed by atoms with E-state index in [-0.39, 0.29) is 18.2 Å². The van der Waals surface area contributed by atoms with Crippen LogP contribution in [0.2, 0.25) is 5.02 Å². The number of hydrogen-bond acceptors (Lipinski definition) is 3. The van der Waals surface area contributed by atoms with Crippen LogP contribution in [0.1, 0.15) is 12.5 Å². The lowest BCUT2D eigenvalue weighted by molar-refractivity contribution is -0.123. The molecule has 2 amide bonds. The first kappa shape index (κ1) is 16.4. The molecule has 4 rings (SSSR count). The van der Waals surface area contributed by atoms with E-state index in [0.29, 0.717) is 16.5 Å². The number of halogens is 1. The van der Waals surface area contributed by atoms with Crippen molar-refractivity contribution < 1.29 is 9.59 Å². The molecule has 26 heavy (non-hydrogen) atoms. The minimum atomic E-state index is -0.679. The predicted octanol–water partition coefficient (Wildman–Crippen LogP) is 3.73. The topological polar surface area (TPSA) is 76.0 Å². The molecule has 1 aromatic heterocycles. The Labute approximate surface area is 154 Å². The summed E-state index contributed by atoms with van der Waals surface area (Å²) in [6, 6.07) is 15.9. The summed E-state index contributed by atoms with van der Waals surface area (Å²) in [4.78, 5) is 24.7. The summed E-state index contributed by atoms with van der Waals surface area (Å²) in [6.07, 6.45) is 1.69. The van der Waals surface area contributed by atoms with E-state index >= 15 is 0 Å². The van der Waals surface area contributed by atoms with Gasteiger partial charge in [0.2, 0.25) is 5.91 Å². The van der Waals surface area contributed by atoms with Gasteiger partial charge >= 0.3 is 0 Å². The Balaban J connectivity index is 1.53. The molecule has 2 heterocycles. The molecule has 0 radical (unpaired) electrons. The third-order valence-corrected chi connectivity index (χ3v) is 4.44. The van der Waals surface area contributed by atoms with Crippen LogP contribution in [-0.4, -0.2) is 21.6 Å². The van der Waals surface area contributed by atoms with Gasteiger partial charge < -0.3 is 10.6 Å². The van der Waals surface area contributed by atoms with E-state index in [9.17, 15) is 9.59 Å². The van der Waals surface area contributed by atoms with Gasteiger partial charge in [-0.1, -0.05) is 48.0 Å². The largest absolute Gasteiger partial charge is 0.326 e. The lowest BCUT2D eigenvalue weighted by atomic mass is 10.1. The monoisotopic (exact) mass is 366 g/mol. The molecule has 1 aliphatic heterocycles. The fraction of sp³-hybridized carbons (Fsp3) is 0.105. The second kappa shape index (κ2) is 6.65. The zero-order valence-corrected chi connectivity index (χ0v) is 14.4. The number of nitrogens with zero attached hydrogens (tertiary/aromatic N) is 2. The van der Waals surface area contributed by atoms with Crippen LogP contribution in [0.3, 0.4) is 0 Å². The molecule has 0 spiro atoms. The minimum absolute atomic E-state index is 0.0126. The maximum absolute atomic E-state index is 12.3. The van der Waals surface area contributed by atoms with Crippen molar-refractivity contribution in [1.29, 1.82) is 0 Å². The Kier molecular flexibility index (Phi) is 4.18. The van der Waals surface area contributed by atoms with Crippen molar-refractivity contribution in [2.45, 2.75) is 12.5 Å². The number of benzene rings is 2. The molecule has 0 saturated carbocycles. The molecule has 6 nitrogen and oxygen atoms in total. The number of hydrogen-bond donors (Lipinski definition) is 2. The number of carbonyl (C=O) groups excluding carboxylic acids is 2. The molecule has 1 aliphatic rings. The highest BCUT2D eigenvalue weighted by molar-refractivity contribution is 6.30. The van der Waals surface area contributed by atoms with Gasteiger partial charge in [-0.3, -0.25) is 9.59 Å². The van der Waals surface area contributed by atoms with Crippen molar-refractivity contribution in [2.75, 3.05) is 10.6 Å². The lowest BCUT2D eigenvalue weighted by Gasteiger charge is -2.10. The Bertz CT molecular complexity index is 984. The van der Waals surface area contributed by atoms with Gasteiger partial charge in [-0.25, -0.2) is 4.68 Å². The minimum Gasteiger partial charge on any atom is -0.326 e. The molecular formula is C19H15ClN4O2. The molecule has 0 bridgehead atoms. The van der Waals surface area contributed by atoms with Crippen LogP contribution in [0, 0.1) is 0 Å². The van der Waals surface area contributed by atoms with E-state index in [2.05, 4.69) is 15.7 Å². The smallest absolute Gasteiger partial charge is 0.251 e. The van der Waals surface area contributed by atoms with Crippen LogP contribution in [0.4, 0.5) is 11.5 Å². The SMILES string of the molecule is O=C(CC1C(=O)Nc2c(-c3ccccc3)cnn21)Nc1cccc(Cl)c1. The fourth-order valence-corrected chi connectivity index (χ4v) is 3.19. The van der Waals surface area contributed by atoms with Gasteiger partial charge in [-0.05, 0) is 23.8 Å². The Hall–Kier alpha value is -3.12. The van der Waals surface area contributed by atoms with Gasteiger partial charge in [0.1, 0.15) is 11.9 Å². The zero-order chi connectivity index (χ0) is 18.1. The number of carbonyl (C=O) groups is 2. The molecule has 1 atom stereocenters. The van der Waals surface area contributed by atoms with Gasteiger partial charge in [0.25, 0.3) is 5.91 Å². The van der Waals surface area contributed by atoms with Gasteiger partial charge in [-0.2, -0.15) is 5.10 Å². The molecule has 2 N–H and O–H groups in total. The average molecular weight is 367 g/mol. The fourth-order valence-electron chi connectivity index (χ4n) is 3.00. The summed E-state index contributed by atoms with van der Waals surface area (Å²) < 4.78 is 1.57. The number of anilines is 2. The number of amides is 2. The van der Waals surface area contributed by atoms with Crippen molar-refractivity contribution in [1.82, 2.24) is 9.78 Å². The van der Waals surface area contributed by atoms with Crippen molar-refractivity contribution in [3.8, 4) is 11.1 Å². The van der Waals surface area contributed by atoms with Crippen molar-refractivity contribution in [3.63, 3.8) is 0 Å². The predicted molar refractivity (Wildman–Crippen MR) is 100 cm³/mol.